The summed E-state index contributed by atoms with van der Waals surface area (Å²) in [4.78, 5) is 40.0. The molecule has 0 saturated heterocycles. The molecule has 0 fully saturated rings. The molecule has 3 rings (SSSR count). The third kappa shape index (κ3) is 5.10. The van der Waals surface area contributed by atoms with Gasteiger partial charge in [-0.2, -0.15) is 0 Å². The van der Waals surface area contributed by atoms with Gasteiger partial charge in [0.1, 0.15) is 0 Å². The van der Waals surface area contributed by atoms with Crippen LogP contribution in [0.25, 0.3) is 10.9 Å². The Morgan fingerprint density at radius 2 is 1.78 bits per heavy atom. The summed E-state index contributed by atoms with van der Waals surface area (Å²) in [6.07, 6.45) is 0.717. The van der Waals surface area contributed by atoms with Crippen LogP contribution in [0.5, 0.6) is 0 Å². The van der Waals surface area contributed by atoms with Crippen LogP contribution in [-0.4, -0.2) is 27.9 Å². The second-order valence-electron chi connectivity index (χ2n) is 5.92. The maximum atomic E-state index is 12.4. The molecule has 1 N–H and O–H groups in total. The van der Waals surface area contributed by atoms with E-state index in [-0.39, 0.29) is 24.7 Å². The minimum Gasteiger partial charge on any atom is -0.466 e. The summed E-state index contributed by atoms with van der Waals surface area (Å²) in [5.41, 5.74) is -0.268. The van der Waals surface area contributed by atoms with Gasteiger partial charge in [0.15, 0.2) is 0 Å². The van der Waals surface area contributed by atoms with Crippen molar-refractivity contribution in [2.75, 3.05) is 12.4 Å². The normalized spacial score (nSPS) is 10.8. The van der Waals surface area contributed by atoms with Crippen molar-refractivity contribution in [3.8, 4) is 0 Å². The van der Waals surface area contributed by atoms with Crippen molar-refractivity contribution in [3.05, 3.63) is 75.4 Å². The van der Waals surface area contributed by atoms with E-state index in [0.717, 1.165) is 9.46 Å². The number of aromatic amines is 1. The maximum Gasteiger partial charge on any atom is 0.328 e. The molecular weight excluding hydrogens is 364 g/mol. The highest BCUT2D eigenvalue weighted by molar-refractivity contribution is 7.99. The molecule has 3 aromatic rings. The Labute approximate surface area is 160 Å². The molecule has 7 heteroatoms. The van der Waals surface area contributed by atoms with Crippen LogP contribution in [0.1, 0.15) is 12.8 Å². The molecule has 0 bridgehead atoms. The quantitative estimate of drug-likeness (QED) is 0.367. The number of thioether (sulfide) groups is 1. The number of rotatable bonds is 8. The van der Waals surface area contributed by atoms with Crippen LogP contribution in [0.15, 0.2) is 69.1 Å². The number of benzene rings is 2. The minimum atomic E-state index is -0.454. The maximum absolute atomic E-state index is 12.4. The van der Waals surface area contributed by atoms with Crippen LogP contribution in [-0.2, 0) is 16.1 Å². The highest BCUT2D eigenvalue weighted by Crippen LogP contribution is 2.17. The van der Waals surface area contributed by atoms with E-state index in [1.54, 1.807) is 36.0 Å². The number of ether oxygens (including phenoxy) is 1. The molecule has 6 nitrogen and oxygen atoms in total. The van der Waals surface area contributed by atoms with E-state index in [4.69, 9.17) is 4.74 Å². The van der Waals surface area contributed by atoms with Crippen molar-refractivity contribution < 1.29 is 9.53 Å². The Hall–Kier alpha value is -2.80. The second-order valence-corrected chi connectivity index (χ2v) is 7.09. The lowest BCUT2D eigenvalue weighted by molar-refractivity contribution is -0.143. The van der Waals surface area contributed by atoms with E-state index >= 15 is 0 Å². The van der Waals surface area contributed by atoms with Gasteiger partial charge in [-0.25, -0.2) is 4.79 Å². The number of nitrogens with zero attached hydrogens (tertiary/aromatic N) is 1. The van der Waals surface area contributed by atoms with Crippen LogP contribution in [0.4, 0.5) is 0 Å². The number of carbonyl (C=O) groups is 1. The Kier molecular flexibility index (Phi) is 6.49. The smallest absolute Gasteiger partial charge is 0.328 e. The summed E-state index contributed by atoms with van der Waals surface area (Å²) >= 11 is 1.60. The Morgan fingerprint density at radius 1 is 1.04 bits per heavy atom. The van der Waals surface area contributed by atoms with Crippen LogP contribution in [0.2, 0.25) is 0 Å². The number of hydrogen-bond acceptors (Lipinski definition) is 5. The molecule has 1 heterocycles. The fourth-order valence-electron chi connectivity index (χ4n) is 2.65. The summed E-state index contributed by atoms with van der Waals surface area (Å²) in [6.45, 7) is 0.374. The fourth-order valence-corrected chi connectivity index (χ4v) is 3.51. The molecule has 0 spiro atoms. The number of para-hydroxylation sites is 1. The molecule has 0 unspecified atom stereocenters. The molecule has 0 radical (unpaired) electrons. The van der Waals surface area contributed by atoms with Gasteiger partial charge in [0.25, 0.3) is 5.56 Å². The number of carbonyl (C=O) groups excluding carboxylic acids is 1. The average molecular weight is 384 g/mol. The lowest BCUT2D eigenvalue weighted by Gasteiger charge is -2.07. The highest BCUT2D eigenvalue weighted by Gasteiger charge is 2.08. The van der Waals surface area contributed by atoms with Crippen LogP contribution in [0.3, 0.4) is 0 Å². The van der Waals surface area contributed by atoms with E-state index in [1.807, 2.05) is 30.3 Å². The minimum absolute atomic E-state index is 0.174. The molecule has 0 aliphatic rings. The van der Waals surface area contributed by atoms with Gasteiger partial charge in [-0.15, -0.1) is 11.8 Å². The van der Waals surface area contributed by atoms with Gasteiger partial charge < -0.3 is 9.72 Å². The van der Waals surface area contributed by atoms with Gasteiger partial charge in [-0.3, -0.25) is 14.2 Å². The number of nitrogens with one attached hydrogen (secondary N) is 1. The van der Waals surface area contributed by atoms with E-state index in [1.165, 1.54) is 0 Å². The van der Waals surface area contributed by atoms with Crippen molar-refractivity contribution >= 4 is 28.6 Å². The lowest BCUT2D eigenvalue weighted by atomic mass is 10.2. The molecule has 2 aromatic carbocycles. The zero-order valence-corrected chi connectivity index (χ0v) is 15.5. The Morgan fingerprint density at radius 3 is 2.59 bits per heavy atom. The Bertz CT molecular complexity index is 1030. The summed E-state index contributed by atoms with van der Waals surface area (Å²) in [5.74, 6) is 0.366. The van der Waals surface area contributed by atoms with Gasteiger partial charge in [0, 0.05) is 17.2 Å². The van der Waals surface area contributed by atoms with Gasteiger partial charge >= 0.3 is 11.7 Å². The predicted octanol–water partition coefficient (Wildman–Crippen LogP) is 2.81. The number of aromatic nitrogens is 2. The van der Waals surface area contributed by atoms with Crippen molar-refractivity contribution in [1.82, 2.24) is 9.55 Å². The monoisotopic (exact) mass is 384 g/mol. The fraction of sp³-hybridized carbons (Fsp3) is 0.250. The molecule has 27 heavy (non-hydrogen) atoms. The highest BCUT2D eigenvalue weighted by atomic mass is 32.2. The van der Waals surface area contributed by atoms with E-state index in [9.17, 15) is 14.4 Å². The van der Waals surface area contributed by atoms with Crippen LogP contribution in [0, 0.1) is 0 Å². The first kappa shape index (κ1) is 19.0. The summed E-state index contributed by atoms with van der Waals surface area (Å²) in [7, 11) is 0. The zero-order valence-electron chi connectivity index (χ0n) is 14.7. The van der Waals surface area contributed by atoms with Gasteiger partial charge in [-0.1, -0.05) is 30.3 Å². The molecule has 140 valence electrons. The van der Waals surface area contributed by atoms with E-state index in [2.05, 4.69) is 4.98 Å². The second kappa shape index (κ2) is 9.23. The standard InChI is InChI=1S/C20H20N2O4S/c23-18(11-14-27-15-7-2-1-3-8-15)26-13-6-12-22-19(24)16-9-4-5-10-17(16)21-20(22)25/h1-5,7-10H,6,11-14H2,(H,21,25). The molecular formula is C20H20N2O4S. The van der Waals surface area contributed by atoms with Crippen LogP contribution >= 0.6 is 11.8 Å². The first-order valence-corrected chi connectivity index (χ1v) is 9.69. The average Bonchev–Trinajstić information content (AvgIpc) is 2.68. The first-order valence-electron chi connectivity index (χ1n) is 8.70. The third-order valence-corrected chi connectivity index (χ3v) is 5.01. The van der Waals surface area contributed by atoms with Gasteiger partial charge in [0.2, 0.25) is 0 Å². The zero-order chi connectivity index (χ0) is 19.1. The van der Waals surface area contributed by atoms with Crippen LogP contribution < -0.4 is 11.2 Å². The van der Waals surface area contributed by atoms with Crippen molar-refractivity contribution in [3.63, 3.8) is 0 Å². The molecule has 0 atom stereocenters. The van der Waals surface area contributed by atoms with E-state index in [0.29, 0.717) is 29.5 Å². The molecule has 0 amide bonds. The molecule has 1 aromatic heterocycles. The van der Waals surface area contributed by atoms with Gasteiger partial charge in [-0.05, 0) is 30.7 Å². The third-order valence-electron chi connectivity index (χ3n) is 4.00. The first-order chi connectivity index (χ1) is 13.1. The number of fused-ring (bicyclic) bond motifs is 1. The predicted molar refractivity (Wildman–Crippen MR) is 106 cm³/mol. The van der Waals surface area contributed by atoms with E-state index < -0.39 is 5.69 Å². The number of hydrogen-bond donors (Lipinski definition) is 1. The Balaban J connectivity index is 1.45. The van der Waals surface area contributed by atoms with Crippen molar-refractivity contribution in [2.24, 2.45) is 0 Å². The summed E-state index contributed by atoms with van der Waals surface area (Å²) in [6, 6.07) is 16.7. The largest absolute Gasteiger partial charge is 0.466 e. The topological polar surface area (TPSA) is 81.2 Å². The number of esters is 1. The lowest BCUT2D eigenvalue weighted by Crippen LogP contribution is -2.35. The SMILES string of the molecule is O=C(CCSc1ccccc1)OCCCn1c(=O)[nH]c2ccccc2c1=O. The molecule has 0 aliphatic heterocycles. The molecule has 0 aliphatic carbocycles. The number of H-pyrrole nitrogens is 1. The van der Waals surface area contributed by atoms with Gasteiger partial charge in [0.05, 0.1) is 23.9 Å². The molecule has 0 saturated carbocycles. The van der Waals surface area contributed by atoms with Crippen molar-refractivity contribution in [2.45, 2.75) is 24.3 Å². The summed E-state index contributed by atoms with van der Waals surface area (Å²) < 4.78 is 6.33. The van der Waals surface area contributed by atoms with Crippen molar-refractivity contribution in [1.29, 1.82) is 0 Å². The summed E-state index contributed by atoms with van der Waals surface area (Å²) in [5, 5.41) is 0.465.